The normalized spacial score (nSPS) is 16.0. The Balaban J connectivity index is 1.69. The van der Waals surface area contributed by atoms with Crippen LogP contribution in [0, 0.1) is 9.39 Å². The molecule has 1 aliphatic rings. The molecule has 0 spiro atoms. The van der Waals surface area contributed by atoms with E-state index in [4.69, 9.17) is 0 Å². The highest BCUT2D eigenvalue weighted by Crippen LogP contribution is 2.25. The van der Waals surface area contributed by atoms with Crippen LogP contribution in [0.3, 0.4) is 0 Å². The third-order valence-corrected chi connectivity index (χ3v) is 7.33. The number of hydrogen-bond donors (Lipinski definition) is 0. The molecular formula is C18H17FINO3S. The van der Waals surface area contributed by atoms with E-state index >= 15 is 0 Å². The van der Waals surface area contributed by atoms with Gasteiger partial charge in [0.1, 0.15) is 5.82 Å². The van der Waals surface area contributed by atoms with E-state index in [1.54, 1.807) is 11.0 Å². The highest BCUT2D eigenvalue weighted by Gasteiger charge is 2.33. The van der Waals surface area contributed by atoms with Crippen LogP contribution in [0.2, 0.25) is 0 Å². The Labute approximate surface area is 160 Å². The summed E-state index contributed by atoms with van der Waals surface area (Å²) >= 11 is 2.16. The van der Waals surface area contributed by atoms with E-state index in [0.29, 0.717) is 31.5 Å². The molecular weight excluding hydrogens is 456 g/mol. The molecule has 0 aliphatic carbocycles. The molecule has 0 unspecified atom stereocenters. The average molecular weight is 473 g/mol. The molecule has 1 saturated heterocycles. The average Bonchev–Trinajstić information content (AvgIpc) is 2.61. The van der Waals surface area contributed by atoms with E-state index in [-0.39, 0.29) is 10.8 Å². The molecule has 3 rings (SSSR count). The van der Waals surface area contributed by atoms with Crippen molar-refractivity contribution < 1.29 is 17.6 Å². The summed E-state index contributed by atoms with van der Waals surface area (Å²) in [4.78, 5) is 14.4. The molecule has 132 valence electrons. The molecule has 0 N–H and O–H groups in total. The summed E-state index contributed by atoms with van der Waals surface area (Å²) in [5.41, 5.74) is 0.617. The molecule has 1 aliphatic heterocycles. The van der Waals surface area contributed by atoms with Gasteiger partial charge >= 0.3 is 0 Å². The van der Waals surface area contributed by atoms with Gasteiger partial charge in [0.05, 0.1) is 10.1 Å². The summed E-state index contributed by atoms with van der Waals surface area (Å²) in [6.45, 7) is 0.796. The molecule has 4 nitrogen and oxygen atoms in total. The van der Waals surface area contributed by atoms with Crippen molar-refractivity contribution in [3.8, 4) is 0 Å². The first kappa shape index (κ1) is 18.3. The van der Waals surface area contributed by atoms with Crippen LogP contribution in [0.5, 0.6) is 0 Å². The Hall–Kier alpha value is -1.48. The number of nitrogens with zero attached hydrogens (tertiary/aromatic N) is 1. The van der Waals surface area contributed by atoms with Crippen molar-refractivity contribution in [2.75, 3.05) is 13.1 Å². The summed E-state index contributed by atoms with van der Waals surface area (Å²) in [5, 5.41) is -0.544. The smallest absolute Gasteiger partial charge is 0.253 e. The van der Waals surface area contributed by atoms with Crippen molar-refractivity contribution in [3.63, 3.8) is 0 Å². The van der Waals surface area contributed by atoms with Gasteiger partial charge in [0, 0.05) is 22.2 Å². The molecule has 25 heavy (non-hydrogen) atoms. The highest BCUT2D eigenvalue weighted by molar-refractivity contribution is 14.1. The maximum Gasteiger partial charge on any atom is 0.253 e. The van der Waals surface area contributed by atoms with E-state index in [1.807, 2.05) is 18.2 Å². The van der Waals surface area contributed by atoms with Crippen molar-refractivity contribution in [1.29, 1.82) is 0 Å². The summed E-state index contributed by atoms with van der Waals surface area (Å²) in [6, 6.07) is 12.3. The minimum absolute atomic E-state index is 0.0730. The van der Waals surface area contributed by atoms with Gasteiger partial charge in [-0.05, 0) is 77.9 Å². The van der Waals surface area contributed by atoms with E-state index in [9.17, 15) is 17.6 Å². The number of halogens is 2. The minimum atomic E-state index is -3.51. The van der Waals surface area contributed by atoms with Gasteiger partial charge in [-0.1, -0.05) is 6.07 Å². The highest BCUT2D eigenvalue weighted by atomic mass is 127. The fourth-order valence-electron chi connectivity index (χ4n) is 2.99. The number of carbonyl (C=O) groups is 1. The Morgan fingerprint density at radius 1 is 1.08 bits per heavy atom. The summed E-state index contributed by atoms with van der Waals surface area (Å²) in [7, 11) is -3.51. The van der Waals surface area contributed by atoms with Gasteiger partial charge in [-0.15, -0.1) is 0 Å². The third-order valence-electron chi connectivity index (χ3n) is 4.38. The Kier molecular flexibility index (Phi) is 5.43. The van der Waals surface area contributed by atoms with Gasteiger partial charge in [0.2, 0.25) is 0 Å². The Bertz CT molecular complexity index is 875. The topological polar surface area (TPSA) is 54.5 Å². The van der Waals surface area contributed by atoms with E-state index < -0.39 is 20.9 Å². The van der Waals surface area contributed by atoms with Crippen LogP contribution in [0.25, 0.3) is 0 Å². The maximum atomic E-state index is 13.0. The standard InChI is InChI=1S/C18H17FINO3S/c19-14-4-6-16(7-5-14)25(23,24)17-8-10-21(11-9-17)18(22)13-2-1-3-15(20)12-13/h1-7,12,17H,8-11H2. The van der Waals surface area contributed by atoms with Crippen LogP contribution in [0.15, 0.2) is 53.4 Å². The lowest BCUT2D eigenvalue weighted by molar-refractivity contribution is 0.0725. The second-order valence-electron chi connectivity index (χ2n) is 6.00. The monoisotopic (exact) mass is 473 g/mol. The van der Waals surface area contributed by atoms with Crippen molar-refractivity contribution in [3.05, 3.63) is 63.5 Å². The van der Waals surface area contributed by atoms with Gasteiger partial charge in [0.15, 0.2) is 9.84 Å². The lowest BCUT2D eigenvalue weighted by Gasteiger charge is -2.31. The molecule has 1 fully saturated rings. The number of likely N-dealkylation sites (tertiary alicyclic amines) is 1. The van der Waals surface area contributed by atoms with Gasteiger partial charge in [-0.25, -0.2) is 12.8 Å². The lowest BCUT2D eigenvalue weighted by atomic mass is 10.1. The first-order valence-electron chi connectivity index (χ1n) is 7.92. The van der Waals surface area contributed by atoms with Crippen molar-refractivity contribution in [2.24, 2.45) is 0 Å². The van der Waals surface area contributed by atoms with Crippen LogP contribution in [-0.2, 0) is 9.84 Å². The molecule has 0 radical (unpaired) electrons. The third kappa shape index (κ3) is 4.03. The quantitative estimate of drug-likeness (QED) is 0.507. The minimum Gasteiger partial charge on any atom is -0.339 e. The van der Waals surface area contributed by atoms with Crippen LogP contribution in [0.1, 0.15) is 23.2 Å². The Morgan fingerprint density at radius 2 is 1.72 bits per heavy atom. The van der Waals surface area contributed by atoms with Gasteiger partial charge in [-0.3, -0.25) is 4.79 Å². The molecule has 2 aromatic carbocycles. The predicted molar refractivity (Wildman–Crippen MR) is 102 cm³/mol. The van der Waals surface area contributed by atoms with Crippen LogP contribution >= 0.6 is 22.6 Å². The number of amides is 1. The molecule has 7 heteroatoms. The van der Waals surface area contributed by atoms with Crippen molar-refractivity contribution >= 4 is 38.3 Å². The number of hydrogen-bond acceptors (Lipinski definition) is 3. The molecule has 0 aromatic heterocycles. The first-order valence-corrected chi connectivity index (χ1v) is 10.5. The maximum absolute atomic E-state index is 13.0. The molecule has 0 saturated carbocycles. The summed E-state index contributed by atoms with van der Waals surface area (Å²) < 4.78 is 39.3. The molecule has 0 atom stereocenters. The fraction of sp³-hybridized carbons (Fsp3) is 0.278. The Morgan fingerprint density at radius 3 is 2.32 bits per heavy atom. The summed E-state index contributed by atoms with van der Waals surface area (Å²) in [5.74, 6) is -0.534. The second kappa shape index (κ2) is 7.41. The molecule has 1 heterocycles. The SMILES string of the molecule is O=C(c1cccc(I)c1)N1CCC(S(=O)(=O)c2ccc(F)cc2)CC1. The number of piperidine rings is 1. The van der Waals surface area contributed by atoms with Gasteiger partial charge < -0.3 is 4.90 Å². The van der Waals surface area contributed by atoms with Crippen molar-refractivity contribution in [1.82, 2.24) is 4.90 Å². The number of benzene rings is 2. The largest absolute Gasteiger partial charge is 0.339 e. The number of rotatable bonds is 3. The van der Waals surface area contributed by atoms with Crippen LogP contribution in [0.4, 0.5) is 4.39 Å². The fourth-order valence-corrected chi connectivity index (χ4v) is 5.26. The number of sulfone groups is 1. The molecule has 2 aromatic rings. The van der Waals surface area contributed by atoms with Crippen molar-refractivity contribution in [2.45, 2.75) is 23.0 Å². The van der Waals surface area contributed by atoms with E-state index in [0.717, 1.165) is 15.7 Å². The zero-order chi connectivity index (χ0) is 18.0. The van der Waals surface area contributed by atoms with E-state index in [1.165, 1.54) is 12.1 Å². The van der Waals surface area contributed by atoms with Gasteiger partial charge in [0.25, 0.3) is 5.91 Å². The zero-order valence-corrected chi connectivity index (χ0v) is 16.3. The van der Waals surface area contributed by atoms with Crippen LogP contribution < -0.4 is 0 Å². The first-order chi connectivity index (χ1) is 11.9. The lowest BCUT2D eigenvalue weighted by Crippen LogP contribution is -2.42. The number of carbonyl (C=O) groups excluding carboxylic acids is 1. The molecule has 0 bridgehead atoms. The second-order valence-corrected chi connectivity index (χ2v) is 9.47. The zero-order valence-electron chi connectivity index (χ0n) is 13.4. The predicted octanol–water partition coefficient (Wildman–Crippen LogP) is 3.51. The van der Waals surface area contributed by atoms with E-state index in [2.05, 4.69) is 22.6 Å². The van der Waals surface area contributed by atoms with Crippen LogP contribution in [-0.4, -0.2) is 37.6 Å². The van der Waals surface area contributed by atoms with Gasteiger partial charge in [-0.2, -0.15) is 0 Å². The summed E-state index contributed by atoms with van der Waals surface area (Å²) in [6.07, 6.45) is 0.769. The molecule has 1 amide bonds.